The van der Waals surface area contributed by atoms with E-state index < -0.39 is 5.91 Å². The number of nitriles is 1. The lowest BCUT2D eigenvalue weighted by Gasteiger charge is -2.07. The summed E-state index contributed by atoms with van der Waals surface area (Å²) in [6, 6.07) is 9.08. The highest BCUT2D eigenvalue weighted by Crippen LogP contribution is 2.24. The van der Waals surface area contributed by atoms with Crippen molar-refractivity contribution in [2.75, 3.05) is 5.32 Å². The Morgan fingerprint density at radius 3 is 2.79 bits per heavy atom. The summed E-state index contributed by atoms with van der Waals surface area (Å²) >= 11 is 5.67. The fraction of sp³-hybridized carbons (Fsp3) is 0. The lowest BCUT2D eigenvalue weighted by atomic mass is 10.2. The molecule has 0 bridgehead atoms. The Morgan fingerprint density at radius 1 is 1.37 bits per heavy atom. The van der Waals surface area contributed by atoms with Crippen LogP contribution >= 0.6 is 11.6 Å². The fourth-order valence-corrected chi connectivity index (χ4v) is 1.51. The molecule has 0 unspecified atom stereocenters. The Balaban J connectivity index is 2.24. The van der Waals surface area contributed by atoms with Gasteiger partial charge in [0.05, 0.1) is 22.3 Å². The Kier molecular flexibility index (Phi) is 3.64. The van der Waals surface area contributed by atoms with Gasteiger partial charge < -0.3 is 10.4 Å². The molecule has 94 valence electrons. The normalized spacial score (nSPS) is 9.68. The van der Waals surface area contributed by atoms with Crippen molar-refractivity contribution in [3.63, 3.8) is 0 Å². The van der Waals surface area contributed by atoms with Gasteiger partial charge in [0.25, 0.3) is 5.91 Å². The van der Waals surface area contributed by atoms with Crippen LogP contribution in [0.3, 0.4) is 0 Å². The molecule has 0 atom stereocenters. The minimum Gasteiger partial charge on any atom is -0.506 e. The topological polar surface area (TPSA) is 86.0 Å². The first-order valence-corrected chi connectivity index (χ1v) is 5.64. The van der Waals surface area contributed by atoms with E-state index in [-0.39, 0.29) is 17.1 Å². The molecule has 5 nitrogen and oxygen atoms in total. The van der Waals surface area contributed by atoms with Crippen molar-refractivity contribution in [3.8, 4) is 11.8 Å². The molecular weight excluding hydrogens is 266 g/mol. The van der Waals surface area contributed by atoms with Gasteiger partial charge in [0, 0.05) is 6.20 Å². The molecule has 2 aromatic rings. The fourth-order valence-electron chi connectivity index (χ4n) is 1.40. The third kappa shape index (κ3) is 3.00. The number of carbonyl (C=O) groups excluding carboxylic acids is 1. The monoisotopic (exact) mass is 273 g/mol. The molecule has 0 fully saturated rings. The van der Waals surface area contributed by atoms with Gasteiger partial charge in [0.1, 0.15) is 11.4 Å². The van der Waals surface area contributed by atoms with Crippen molar-refractivity contribution in [1.29, 1.82) is 5.26 Å². The number of benzene rings is 1. The molecule has 1 heterocycles. The van der Waals surface area contributed by atoms with Gasteiger partial charge in [0.15, 0.2) is 0 Å². The van der Waals surface area contributed by atoms with Gasteiger partial charge in [-0.2, -0.15) is 5.26 Å². The van der Waals surface area contributed by atoms with Gasteiger partial charge in [-0.25, -0.2) is 4.98 Å². The summed E-state index contributed by atoms with van der Waals surface area (Å²) in [7, 11) is 0. The van der Waals surface area contributed by atoms with Gasteiger partial charge in [0.2, 0.25) is 0 Å². The van der Waals surface area contributed by atoms with Gasteiger partial charge in [-0.1, -0.05) is 11.6 Å². The van der Waals surface area contributed by atoms with Crippen molar-refractivity contribution in [2.24, 2.45) is 0 Å². The number of phenolic OH excluding ortho intramolecular Hbond substituents is 1. The second-order valence-corrected chi connectivity index (χ2v) is 4.10. The molecule has 0 aliphatic carbocycles. The predicted octanol–water partition coefficient (Wildman–Crippen LogP) is 2.56. The maximum atomic E-state index is 11.9. The first kappa shape index (κ1) is 12.9. The molecule has 19 heavy (non-hydrogen) atoms. The number of nitrogens with zero attached hydrogens (tertiary/aromatic N) is 2. The van der Waals surface area contributed by atoms with Crippen LogP contribution in [0, 0.1) is 11.3 Å². The van der Waals surface area contributed by atoms with E-state index in [1.807, 2.05) is 6.07 Å². The van der Waals surface area contributed by atoms with Crippen LogP contribution in [-0.4, -0.2) is 16.0 Å². The standard InChI is InChI=1S/C13H8ClN3O2/c14-9-2-3-10(16-7-9)13(19)17-11-5-8(6-15)1-4-12(11)18/h1-5,7,18H,(H,17,19). The smallest absolute Gasteiger partial charge is 0.274 e. The highest BCUT2D eigenvalue weighted by molar-refractivity contribution is 6.30. The molecule has 2 rings (SSSR count). The van der Waals surface area contributed by atoms with E-state index in [1.165, 1.54) is 36.5 Å². The molecule has 6 heteroatoms. The third-order valence-corrected chi connectivity index (χ3v) is 2.56. The largest absolute Gasteiger partial charge is 0.506 e. The summed E-state index contributed by atoms with van der Waals surface area (Å²) in [6.07, 6.45) is 1.35. The number of hydrogen-bond donors (Lipinski definition) is 2. The second kappa shape index (κ2) is 5.38. The molecule has 2 N–H and O–H groups in total. The maximum absolute atomic E-state index is 11.9. The molecule has 1 aromatic carbocycles. The Labute approximate surface area is 114 Å². The van der Waals surface area contributed by atoms with E-state index in [0.29, 0.717) is 10.6 Å². The Morgan fingerprint density at radius 2 is 2.16 bits per heavy atom. The van der Waals surface area contributed by atoms with Gasteiger partial charge in [-0.3, -0.25) is 4.79 Å². The average molecular weight is 274 g/mol. The van der Waals surface area contributed by atoms with Crippen LogP contribution in [0.2, 0.25) is 5.02 Å². The second-order valence-electron chi connectivity index (χ2n) is 3.66. The molecule has 0 radical (unpaired) electrons. The lowest BCUT2D eigenvalue weighted by molar-refractivity contribution is 0.102. The van der Waals surface area contributed by atoms with Crippen LogP contribution in [0.25, 0.3) is 0 Å². The van der Waals surface area contributed by atoms with Crippen molar-refractivity contribution in [1.82, 2.24) is 4.98 Å². The van der Waals surface area contributed by atoms with E-state index in [0.717, 1.165) is 0 Å². The van der Waals surface area contributed by atoms with E-state index in [4.69, 9.17) is 16.9 Å². The van der Waals surface area contributed by atoms with Crippen molar-refractivity contribution >= 4 is 23.2 Å². The zero-order valence-electron chi connectivity index (χ0n) is 9.59. The Bertz CT molecular complexity index is 663. The number of amides is 1. The zero-order chi connectivity index (χ0) is 13.8. The number of rotatable bonds is 2. The number of pyridine rings is 1. The number of aromatic hydroxyl groups is 1. The van der Waals surface area contributed by atoms with Gasteiger partial charge in [-0.15, -0.1) is 0 Å². The average Bonchev–Trinajstić information content (AvgIpc) is 2.42. The van der Waals surface area contributed by atoms with E-state index in [2.05, 4.69) is 10.3 Å². The lowest BCUT2D eigenvalue weighted by Crippen LogP contribution is -2.13. The van der Waals surface area contributed by atoms with Crippen LogP contribution < -0.4 is 5.32 Å². The van der Waals surface area contributed by atoms with Crippen LogP contribution in [0.5, 0.6) is 5.75 Å². The number of carbonyl (C=O) groups is 1. The summed E-state index contributed by atoms with van der Waals surface area (Å²) in [5.41, 5.74) is 0.643. The number of aromatic nitrogens is 1. The van der Waals surface area contributed by atoms with Crippen molar-refractivity contribution in [3.05, 3.63) is 52.8 Å². The highest BCUT2D eigenvalue weighted by atomic mass is 35.5. The number of halogens is 1. The molecule has 0 aliphatic rings. The van der Waals surface area contributed by atoms with Crippen molar-refractivity contribution < 1.29 is 9.90 Å². The van der Waals surface area contributed by atoms with Crippen LogP contribution in [-0.2, 0) is 0 Å². The van der Waals surface area contributed by atoms with Gasteiger partial charge >= 0.3 is 0 Å². The first-order valence-electron chi connectivity index (χ1n) is 5.26. The summed E-state index contributed by atoms with van der Waals surface area (Å²) in [4.78, 5) is 15.7. The Hall–Kier alpha value is -2.58. The summed E-state index contributed by atoms with van der Waals surface area (Å²) in [5.74, 6) is -0.622. The molecular formula is C13H8ClN3O2. The molecule has 0 spiro atoms. The maximum Gasteiger partial charge on any atom is 0.274 e. The SMILES string of the molecule is N#Cc1ccc(O)c(NC(=O)c2ccc(Cl)cn2)c1. The zero-order valence-corrected chi connectivity index (χ0v) is 10.3. The van der Waals surface area contributed by atoms with E-state index in [1.54, 1.807) is 0 Å². The minimum absolute atomic E-state index is 0.124. The molecule has 0 aliphatic heterocycles. The number of hydrogen-bond acceptors (Lipinski definition) is 4. The number of anilines is 1. The minimum atomic E-state index is -0.498. The highest BCUT2D eigenvalue weighted by Gasteiger charge is 2.10. The van der Waals surface area contributed by atoms with E-state index in [9.17, 15) is 9.90 Å². The van der Waals surface area contributed by atoms with Crippen molar-refractivity contribution in [2.45, 2.75) is 0 Å². The third-order valence-electron chi connectivity index (χ3n) is 2.33. The van der Waals surface area contributed by atoms with Crippen LogP contribution in [0.15, 0.2) is 36.5 Å². The summed E-state index contributed by atoms with van der Waals surface area (Å²) in [5, 5.41) is 21.3. The predicted molar refractivity (Wildman–Crippen MR) is 70.0 cm³/mol. The van der Waals surface area contributed by atoms with Crippen LogP contribution in [0.1, 0.15) is 16.1 Å². The van der Waals surface area contributed by atoms with Gasteiger partial charge in [-0.05, 0) is 30.3 Å². The summed E-state index contributed by atoms with van der Waals surface area (Å²) < 4.78 is 0. The number of phenols is 1. The molecule has 1 aromatic heterocycles. The molecule has 1 amide bonds. The first-order chi connectivity index (χ1) is 9.10. The molecule has 0 saturated heterocycles. The summed E-state index contributed by atoms with van der Waals surface area (Å²) in [6.45, 7) is 0. The van der Waals surface area contributed by atoms with E-state index >= 15 is 0 Å². The van der Waals surface area contributed by atoms with Crippen LogP contribution in [0.4, 0.5) is 5.69 Å². The number of nitrogens with one attached hydrogen (secondary N) is 1. The quantitative estimate of drug-likeness (QED) is 0.824. The molecule has 0 saturated carbocycles.